The first kappa shape index (κ1) is 23.7. The van der Waals surface area contributed by atoms with E-state index < -0.39 is 0 Å². The summed E-state index contributed by atoms with van der Waals surface area (Å²) in [5, 5.41) is 11.9. The van der Waals surface area contributed by atoms with Crippen LogP contribution < -0.4 is 10.1 Å². The number of hydrogen-bond acceptors (Lipinski definition) is 8. The number of piperidine rings is 1. The van der Waals surface area contributed by atoms with Crippen molar-refractivity contribution in [3.05, 3.63) is 65.9 Å². The molecule has 3 N–H and O–H groups in total. The highest BCUT2D eigenvalue weighted by Gasteiger charge is 2.18. The number of carbonyl (C=O) groups excluding carboxylic acids is 1. The molecule has 7 rings (SSSR count). The predicted molar refractivity (Wildman–Crippen MR) is 152 cm³/mol. The highest BCUT2D eigenvalue weighted by atomic mass is 32.1. The number of ketones is 1. The second-order valence-electron chi connectivity index (χ2n) is 9.67. The Balaban J connectivity index is 1.25. The molecule has 6 heterocycles. The molecule has 0 spiro atoms. The van der Waals surface area contributed by atoms with Crippen molar-refractivity contribution in [1.82, 2.24) is 35.5 Å². The van der Waals surface area contributed by atoms with E-state index in [0.29, 0.717) is 11.5 Å². The third-order valence-electron chi connectivity index (χ3n) is 7.00. The molecule has 5 aromatic heterocycles. The molecule has 0 radical (unpaired) electrons. The molecule has 0 atom stereocenters. The van der Waals surface area contributed by atoms with E-state index >= 15 is 0 Å². The van der Waals surface area contributed by atoms with Crippen molar-refractivity contribution in [1.29, 1.82) is 0 Å². The maximum Gasteiger partial charge on any atom is 0.169 e. The van der Waals surface area contributed by atoms with E-state index in [1.165, 1.54) is 11.3 Å². The molecule has 10 heteroatoms. The van der Waals surface area contributed by atoms with Crippen LogP contribution in [0.5, 0.6) is 5.75 Å². The number of ether oxygens (including phenoxy) is 1. The van der Waals surface area contributed by atoms with E-state index in [1.807, 2.05) is 42.5 Å². The summed E-state index contributed by atoms with van der Waals surface area (Å²) in [6.45, 7) is 3.52. The number of rotatable bonds is 6. The minimum absolute atomic E-state index is 0.0622. The second kappa shape index (κ2) is 9.72. The summed E-state index contributed by atoms with van der Waals surface area (Å²) < 4.78 is 6.20. The Labute approximate surface area is 227 Å². The first-order valence-electron chi connectivity index (χ1n) is 12.9. The van der Waals surface area contributed by atoms with E-state index in [1.54, 1.807) is 25.5 Å². The minimum Gasteiger partial charge on any atom is -0.489 e. The van der Waals surface area contributed by atoms with Gasteiger partial charge in [0, 0.05) is 27.6 Å². The number of imidazole rings is 1. The second-order valence-corrected chi connectivity index (χ2v) is 10.8. The molecular formula is C29H25N7O2S. The SMILES string of the molecule is CC(=O)c1ccc(-c2cccc3[nH]c(-c4n[nH]c5cnc(-c6cncc(OC7CCNCC7)c6)cc45)nc23)s1. The molecule has 1 saturated heterocycles. The Morgan fingerprint density at radius 2 is 1.95 bits per heavy atom. The largest absolute Gasteiger partial charge is 0.489 e. The summed E-state index contributed by atoms with van der Waals surface area (Å²) in [6.07, 6.45) is 7.50. The van der Waals surface area contributed by atoms with Gasteiger partial charge in [-0.3, -0.25) is 19.9 Å². The quantitative estimate of drug-likeness (QED) is 0.237. The molecule has 9 nitrogen and oxygen atoms in total. The van der Waals surface area contributed by atoms with Gasteiger partial charge in [0.1, 0.15) is 17.5 Å². The Hall–Kier alpha value is -4.41. The van der Waals surface area contributed by atoms with Gasteiger partial charge in [-0.2, -0.15) is 5.10 Å². The van der Waals surface area contributed by atoms with Gasteiger partial charge < -0.3 is 15.0 Å². The van der Waals surface area contributed by atoms with Crippen molar-refractivity contribution in [3.8, 4) is 39.0 Å². The Bertz CT molecular complexity index is 1830. The Morgan fingerprint density at radius 1 is 1.05 bits per heavy atom. The molecule has 1 fully saturated rings. The molecule has 194 valence electrons. The average molecular weight is 536 g/mol. The molecule has 0 unspecified atom stereocenters. The summed E-state index contributed by atoms with van der Waals surface area (Å²) in [5.41, 5.74) is 5.89. The average Bonchev–Trinajstić information content (AvgIpc) is 3.71. The molecule has 6 aromatic rings. The normalized spacial score (nSPS) is 14.3. The Kier molecular flexibility index (Phi) is 5.90. The van der Waals surface area contributed by atoms with E-state index in [0.717, 1.165) is 80.2 Å². The van der Waals surface area contributed by atoms with Crippen molar-refractivity contribution in [2.75, 3.05) is 13.1 Å². The molecule has 0 saturated carbocycles. The van der Waals surface area contributed by atoms with E-state index in [-0.39, 0.29) is 11.9 Å². The lowest BCUT2D eigenvalue weighted by Crippen LogP contribution is -2.34. The number of aromatic amines is 2. The van der Waals surface area contributed by atoms with Crippen molar-refractivity contribution in [2.24, 2.45) is 0 Å². The van der Waals surface area contributed by atoms with E-state index in [4.69, 9.17) is 9.72 Å². The number of Topliss-reactive ketones (excluding diaryl/α,β-unsaturated/α-hetero) is 1. The monoisotopic (exact) mass is 535 g/mol. The molecule has 0 aliphatic carbocycles. The maximum atomic E-state index is 11.8. The number of nitrogens with zero attached hydrogens (tertiary/aromatic N) is 4. The zero-order chi connectivity index (χ0) is 26.3. The molecule has 1 aliphatic heterocycles. The minimum atomic E-state index is 0.0622. The lowest BCUT2D eigenvalue weighted by Gasteiger charge is -2.23. The fourth-order valence-electron chi connectivity index (χ4n) is 5.00. The van der Waals surface area contributed by atoms with Crippen LogP contribution in [0.2, 0.25) is 0 Å². The van der Waals surface area contributed by atoms with Gasteiger partial charge in [-0.25, -0.2) is 4.98 Å². The molecule has 1 aromatic carbocycles. The van der Waals surface area contributed by atoms with Gasteiger partial charge in [-0.15, -0.1) is 11.3 Å². The first-order chi connectivity index (χ1) is 19.1. The van der Waals surface area contributed by atoms with Crippen LogP contribution in [-0.4, -0.2) is 55.1 Å². The number of fused-ring (bicyclic) bond motifs is 2. The van der Waals surface area contributed by atoms with Crippen molar-refractivity contribution in [2.45, 2.75) is 25.9 Å². The first-order valence-corrected chi connectivity index (χ1v) is 13.7. The maximum absolute atomic E-state index is 11.8. The number of hydrogen-bond donors (Lipinski definition) is 3. The van der Waals surface area contributed by atoms with Gasteiger partial charge in [-0.05, 0) is 63.2 Å². The third kappa shape index (κ3) is 4.47. The van der Waals surface area contributed by atoms with Crippen molar-refractivity contribution < 1.29 is 9.53 Å². The molecule has 0 bridgehead atoms. The van der Waals surface area contributed by atoms with Gasteiger partial charge in [0.25, 0.3) is 0 Å². The van der Waals surface area contributed by atoms with Crippen LogP contribution in [0.4, 0.5) is 0 Å². The third-order valence-corrected chi connectivity index (χ3v) is 8.22. The molecule has 39 heavy (non-hydrogen) atoms. The molecular weight excluding hydrogens is 510 g/mol. The van der Waals surface area contributed by atoms with Crippen LogP contribution in [0.3, 0.4) is 0 Å². The number of aromatic nitrogens is 6. The summed E-state index contributed by atoms with van der Waals surface area (Å²) >= 11 is 1.48. The highest BCUT2D eigenvalue weighted by Crippen LogP contribution is 2.35. The molecule has 0 amide bonds. The van der Waals surface area contributed by atoms with Crippen LogP contribution in [0.15, 0.2) is 61.1 Å². The summed E-state index contributed by atoms with van der Waals surface area (Å²) in [5.74, 6) is 1.47. The fraction of sp³-hybridized carbons (Fsp3) is 0.207. The molecule has 1 aliphatic rings. The van der Waals surface area contributed by atoms with Crippen LogP contribution in [0.1, 0.15) is 29.4 Å². The van der Waals surface area contributed by atoms with Gasteiger partial charge >= 0.3 is 0 Å². The zero-order valence-electron chi connectivity index (χ0n) is 21.2. The topological polar surface area (TPSA) is 121 Å². The van der Waals surface area contributed by atoms with E-state index in [2.05, 4.69) is 30.5 Å². The number of carbonyl (C=O) groups is 1. The smallest absolute Gasteiger partial charge is 0.169 e. The van der Waals surface area contributed by atoms with Crippen LogP contribution in [-0.2, 0) is 0 Å². The lowest BCUT2D eigenvalue weighted by atomic mass is 10.1. The van der Waals surface area contributed by atoms with E-state index in [9.17, 15) is 4.79 Å². The highest BCUT2D eigenvalue weighted by molar-refractivity contribution is 7.17. The van der Waals surface area contributed by atoms with Gasteiger partial charge in [0.2, 0.25) is 0 Å². The van der Waals surface area contributed by atoms with Crippen molar-refractivity contribution in [3.63, 3.8) is 0 Å². The van der Waals surface area contributed by atoms with Gasteiger partial charge in [0.05, 0.1) is 39.5 Å². The van der Waals surface area contributed by atoms with Crippen LogP contribution >= 0.6 is 11.3 Å². The number of benzene rings is 1. The van der Waals surface area contributed by atoms with Crippen LogP contribution in [0, 0.1) is 0 Å². The number of nitrogens with one attached hydrogen (secondary N) is 3. The number of pyridine rings is 2. The number of thiophene rings is 1. The predicted octanol–water partition coefficient (Wildman–Crippen LogP) is 5.63. The van der Waals surface area contributed by atoms with Gasteiger partial charge in [0.15, 0.2) is 11.6 Å². The standard InChI is InChI=1S/C29H25N7O2S/c1-16(37)25-5-6-26(39-25)20-3-2-4-22-27(20)34-29(33-22)28-21-12-23(32-15-24(21)35-36-28)17-11-19(14-31-13-17)38-18-7-9-30-10-8-18/h2-6,11-15,18,30H,7-10H2,1H3,(H,33,34)(H,35,36). The lowest BCUT2D eigenvalue weighted by molar-refractivity contribution is 0.102. The summed E-state index contributed by atoms with van der Waals surface area (Å²) in [6, 6.07) is 13.9. The number of H-pyrrole nitrogens is 2. The van der Waals surface area contributed by atoms with Gasteiger partial charge in [-0.1, -0.05) is 12.1 Å². The zero-order valence-corrected chi connectivity index (χ0v) is 22.0. The summed E-state index contributed by atoms with van der Waals surface area (Å²) in [4.78, 5) is 31.0. The van der Waals surface area contributed by atoms with Crippen molar-refractivity contribution >= 4 is 39.1 Å². The summed E-state index contributed by atoms with van der Waals surface area (Å²) in [7, 11) is 0. The number of para-hydroxylation sites is 1. The van der Waals surface area contributed by atoms with Crippen LogP contribution in [0.25, 0.3) is 55.2 Å². The fourth-order valence-corrected chi connectivity index (χ4v) is 5.93. The Morgan fingerprint density at radius 3 is 2.79 bits per heavy atom.